The lowest BCUT2D eigenvalue weighted by atomic mass is 10.1. The molecule has 0 aliphatic rings. The van der Waals surface area contributed by atoms with Crippen LogP contribution in [0.1, 0.15) is 35.1 Å². The largest absolute Gasteiger partial charge is 0.346 e. The quantitative estimate of drug-likeness (QED) is 0.581. The van der Waals surface area contributed by atoms with E-state index in [9.17, 15) is 0 Å². The standard InChI is InChI=1S/C21H27ClN6S/c1-6-27-12-18(22)19(25-27)13-26(5)21(29)23-20-15(3)24-28(16(20)4)11-17-9-7-14(2)8-10-17/h7-10,12H,6,11,13H2,1-5H3,(H,23,29). The van der Waals surface area contributed by atoms with Gasteiger partial charge in [0.1, 0.15) is 5.69 Å². The summed E-state index contributed by atoms with van der Waals surface area (Å²) in [5.41, 5.74) is 6.18. The molecule has 29 heavy (non-hydrogen) atoms. The number of benzene rings is 1. The van der Waals surface area contributed by atoms with Crippen LogP contribution in [-0.4, -0.2) is 36.6 Å². The second-order valence-electron chi connectivity index (χ2n) is 7.25. The van der Waals surface area contributed by atoms with Crippen molar-refractivity contribution in [1.29, 1.82) is 0 Å². The topological polar surface area (TPSA) is 50.9 Å². The second-order valence-corrected chi connectivity index (χ2v) is 8.05. The van der Waals surface area contributed by atoms with E-state index in [1.807, 2.05) is 41.4 Å². The molecule has 0 aliphatic heterocycles. The summed E-state index contributed by atoms with van der Waals surface area (Å²) in [6, 6.07) is 8.51. The van der Waals surface area contributed by atoms with Gasteiger partial charge in [0.15, 0.2) is 5.11 Å². The number of aromatic nitrogens is 4. The Morgan fingerprint density at radius 2 is 1.86 bits per heavy atom. The molecule has 0 saturated carbocycles. The molecule has 2 heterocycles. The van der Waals surface area contributed by atoms with Gasteiger partial charge in [-0.25, -0.2) is 0 Å². The highest BCUT2D eigenvalue weighted by atomic mass is 35.5. The molecule has 0 fully saturated rings. The smallest absolute Gasteiger partial charge is 0.173 e. The zero-order valence-electron chi connectivity index (χ0n) is 17.5. The minimum atomic E-state index is 0.535. The molecule has 0 amide bonds. The molecular weight excluding hydrogens is 404 g/mol. The second kappa shape index (κ2) is 8.97. The lowest BCUT2D eigenvalue weighted by molar-refractivity contribution is 0.492. The number of hydrogen-bond acceptors (Lipinski definition) is 3. The molecule has 0 radical (unpaired) electrons. The molecule has 154 valence electrons. The summed E-state index contributed by atoms with van der Waals surface area (Å²) in [5, 5.41) is 13.8. The van der Waals surface area contributed by atoms with Crippen LogP contribution in [0.5, 0.6) is 0 Å². The maximum atomic E-state index is 6.29. The SMILES string of the molecule is CCn1cc(Cl)c(CN(C)C(=S)Nc2c(C)nn(Cc3ccc(C)cc3)c2C)n1. The van der Waals surface area contributed by atoms with E-state index in [1.165, 1.54) is 11.1 Å². The molecule has 0 saturated heterocycles. The van der Waals surface area contributed by atoms with Gasteiger partial charge in [-0.2, -0.15) is 10.2 Å². The number of nitrogens with one attached hydrogen (secondary N) is 1. The van der Waals surface area contributed by atoms with Crippen LogP contribution >= 0.6 is 23.8 Å². The lowest BCUT2D eigenvalue weighted by Gasteiger charge is -2.20. The molecule has 1 N–H and O–H groups in total. The van der Waals surface area contributed by atoms with Crippen molar-refractivity contribution in [2.45, 2.75) is 47.3 Å². The molecule has 0 atom stereocenters. The maximum absolute atomic E-state index is 6.29. The highest BCUT2D eigenvalue weighted by Gasteiger charge is 2.16. The fourth-order valence-corrected chi connectivity index (χ4v) is 3.48. The van der Waals surface area contributed by atoms with Gasteiger partial charge in [0.05, 0.1) is 35.2 Å². The summed E-state index contributed by atoms with van der Waals surface area (Å²) in [5.74, 6) is 0. The molecule has 6 nitrogen and oxygen atoms in total. The van der Waals surface area contributed by atoms with E-state index in [2.05, 4.69) is 48.5 Å². The van der Waals surface area contributed by atoms with Gasteiger partial charge in [0.25, 0.3) is 0 Å². The van der Waals surface area contributed by atoms with Crippen LogP contribution in [0, 0.1) is 20.8 Å². The monoisotopic (exact) mass is 430 g/mol. The highest BCUT2D eigenvalue weighted by molar-refractivity contribution is 7.80. The van der Waals surface area contributed by atoms with Gasteiger partial charge in [0, 0.05) is 19.8 Å². The number of nitrogens with zero attached hydrogens (tertiary/aromatic N) is 5. The van der Waals surface area contributed by atoms with Gasteiger partial charge in [0.2, 0.25) is 0 Å². The zero-order chi connectivity index (χ0) is 21.1. The number of rotatable bonds is 6. The number of aryl methyl sites for hydroxylation is 3. The number of halogens is 1. The predicted octanol–water partition coefficient (Wildman–Crippen LogP) is 4.56. The highest BCUT2D eigenvalue weighted by Crippen LogP contribution is 2.22. The van der Waals surface area contributed by atoms with Crippen LogP contribution < -0.4 is 5.32 Å². The minimum Gasteiger partial charge on any atom is -0.346 e. The van der Waals surface area contributed by atoms with Gasteiger partial charge in [-0.05, 0) is 45.5 Å². The summed E-state index contributed by atoms with van der Waals surface area (Å²) >= 11 is 11.9. The molecule has 0 spiro atoms. The van der Waals surface area contributed by atoms with Gasteiger partial charge in [-0.3, -0.25) is 9.36 Å². The molecule has 3 rings (SSSR count). The van der Waals surface area contributed by atoms with E-state index >= 15 is 0 Å². The first-order chi connectivity index (χ1) is 13.8. The van der Waals surface area contributed by atoms with E-state index in [0.29, 0.717) is 16.7 Å². The molecular formula is C21H27ClN6S. The summed E-state index contributed by atoms with van der Waals surface area (Å²) < 4.78 is 3.83. The number of thiocarbonyl (C=S) groups is 1. The van der Waals surface area contributed by atoms with Crippen LogP contribution in [0.4, 0.5) is 5.69 Å². The third-order valence-electron chi connectivity index (χ3n) is 4.91. The van der Waals surface area contributed by atoms with Crippen molar-refractivity contribution < 1.29 is 0 Å². The summed E-state index contributed by atoms with van der Waals surface area (Å²) in [6.45, 7) is 10.2. The van der Waals surface area contributed by atoms with Gasteiger partial charge in [-0.1, -0.05) is 41.4 Å². The van der Waals surface area contributed by atoms with Crippen molar-refractivity contribution in [2.75, 3.05) is 12.4 Å². The summed E-state index contributed by atoms with van der Waals surface area (Å²) in [6.07, 6.45) is 1.84. The van der Waals surface area contributed by atoms with Crippen LogP contribution in [0.2, 0.25) is 5.02 Å². The van der Waals surface area contributed by atoms with Crippen LogP contribution in [0.15, 0.2) is 30.5 Å². The van der Waals surface area contributed by atoms with E-state index < -0.39 is 0 Å². The summed E-state index contributed by atoms with van der Waals surface area (Å²) in [4.78, 5) is 1.93. The van der Waals surface area contributed by atoms with Crippen molar-refractivity contribution in [3.05, 3.63) is 63.7 Å². The maximum Gasteiger partial charge on any atom is 0.173 e. The Morgan fingerprint density at radius 1 is 1.17 bits per heavy atom. The normalized spacial score (nSPS) is 11.0. The Labute approximate surface area is 182 Å². The van der Waals surface area contributed by atoms with Gasteiger partial charge < -0.3 is 10.2 Å². The van der Waals surface area contributed by atoms with Crippen LogP contribution in [0.25, 0.3) is 0 Å². The van der Waals surface area contributed by atoms with Crippen molar-refractivity contribution in [3.8, 4) is 0 Å². The number of hydrogen-bond donors (Lipinski definition) is 1. The first-order valence-corrected chi connectivity index (χ1v) is 10.4. The molecule has 3 aromatic rings. The third-order valence-corrected chi connectivity index (χ3v) is 5.64. The fraction of sp³-hybridized carbons (Fsp3) is 0.381. The zero-order valence-corrected chi connectivity index (χ0v) is 19.1. The van der Waals surface area contributed by atoms with Crippen molar-refractivity contribution >= 4 is 34.6 Å². The molecule has 2 aromatic heterocycles. The molecule has 1 aromatic carbocycles. The van der Waals surface area contributed by atoms with E-state index in [4.69, 9.17) is 28.9 Å². The van der Waals surface area contributed by atoms with Crippen molar-refractivity contribution in [1.82, 2.24) is 24.5 Å². The first kappa shape index (κ1) is 21.3. The fourth-order valence-electron chi connectivity index (χ4n) is 3.10. The Bertz CT molecular complexity index is 1010. The Hall–Kier alpha value is -2.38. The Morgan fingerprint density at radius 3 is 2.48 bits per heavy atom. The van der Waals surface area contributed by atoms with E-state index in [1.54, 1.807) is 0 Å². The van der Waals surface area contributed by atoms with Crippen molar-refractivity contribution in [3.63, 3.8) is 0 Å². The minimum absolute atomic E-state index is 0.535. The number of anilines is 1. The van der Waals surface area contributed by atoms with Crippen LogP contribution in [-0.2, 0) is 19.6 Å². The molecule has 8 heteroatoms. The summed E-state index contributed by atoms with van der Waals surface area (Å²) in [7, 11) is 1.93. The Balaban J connectivity index is 1.70. The molecule has 0 aliphatic carbocycles. The molecule has 0 unspecified atom stereocenters. The Kier molecular flexibility index (Phi) is 6.59. The first-order valence-electron chi connectivity index (χ1n) is 9.62. The lowest BCUT2D eigenvalue weighted by Crippen LogP contribution is -2.31. The average Bonchev–Trinajstić information content (AvgIpc) is 3.17. The van der Waals surface area contributed by atoms with Crippen molar-refractivity contribution in [2.24, 2.45) is 0 Å². The van der Waals surface area contributed by atoms with Crippen LogP contribution in [0.3, 0.4) is 0 Å². The third kappa shape index (κ3) is 4.97. The van der Waals surface area contributed by atoms with E-state index in [-0.39, 0.29) is 0 Å². The van der Waals surface area contributed by atoms with E-state index in [0.717, 1.165) is 35.9 Å². The average molecular weight is 431 g/mol. The van der Waals surface area contributed by atoms with Gasteiger partial charge >= 0.3 is 0 Å². The predicted molar refractivity (Wildman–Crippen MR) is 123 cm³/mol. The molecule has 0 bridgehead atoms. The van der Waals surface area contributed by atoms with Gasteiger partial charge in [-0.15, -0.1) is 0 Å².